The van der Waals surface area contributed by atoms with Crippen LogP contribution < -0.4 is 11.1 Å². The van der Waals surface area contributed by atoms with Crippen molar-refractivity contribution in [3.8, 4) is 0 Å². The lowest BCUT2D eigenvalue weighted by Crippen LogP contribution is -2.47. The third-order valence-corrected chi connectivity index (χ3v) is 4.77. The van der Waals surface area contributed by atoms with Crippen molar-refractivity contribution in [2.45, 2.75) is 57.5 Å². The zero-order valence-electron chi connectivity index (χ0n) is 12.7. The van der Waals surface area contributed by atoms with Gasteiger partial charge in [0, 0.05) is 18.6 Å². The summed E-state index contributed by atoms with van der Waals surface area (Å²) in [6.45, 7) is 4.34. The van der Waals surface area contributed by atoms with Gasteiger partial charge in [0.1, 0.15) is 0 Å². The molecule has 3 heterocycles. The number of hydrogen-bond donors (Lipinski definition) is 3. The second-order valence-electron chi connectivity index (χ2n) is 6.18. The summed E-state index contributed by atoms with van der Waals surface area (Å²) in [6.07, 6.45) is 6.56. The summed E-state index contributed by atoms with van der Waals surface area (Å²) in [4.78, 5) is 14.9. The second-order valence-corrected chi connectivity index (χ2v) is 6.18. The number of fused-ring (bicyclic) bond motifs is 1. The highest BCUT2D eigenvalue weighted by Gasteiger charge is 2.36. The molecule has 0 bridgehead atoms. The Hall–Kier alpha value is -1.56. The number of nitrogens with two attached hydrogens (primary N) is 1. The molecule has 0 radical (unpaired) electrons. The molecule has 2 aliphatic rings. The van der Waals surface area contributed by atoms with E-state index in [-0.39, 0.29) is 11.9 Å². The molecular weight excluding hydrogens is 266 g/mol. The average Bonchev–Trinajstić information content (AvgIpc) is 3.05. The fraction of sp³-hybridized carbons (Fsp3) is 0.733. The van der Waals surface area contributed by atoms with E-state index in [4.69, 9.17) is 5.73 Å². The van der Waals surface area contributed by atoms with Gasteiger partial charge in [0.25, 0.3) is 5.91 Å². The van der Waals surface area contributed by atoms with Crippen molar-refractivity contribution < 1.29 is 4.79 Å². The third-order valence-electron chi connectivity index (χ3n) is 4.77. The molecule has 116 valence electrons. The maximum absolute atomic E-state index is 12.4. The van der Waals surface area contributed by atoms with Crippen LogP contribution in [-0.4, -0.2) is 46.2 Å². The van der Waals surface area contributed by atoms with E-state index in [0.717, 1.165) is 31.5 Å². The fourth-order valence-electron chi connectivity index (χ4n) is 3.65. The van der Waals surface area contributed by atoms with E-state index in [1.54, 1.807) is 0 Å². The lowest BCUT2D eigenvalue weighted by atomic mass is 9.99. The monoisotopic (exact) mass is 291 g/mol. The quantitative estimate of drug-likeness (QED) is 0.780. The average molecular weight is 291 g/mol. The number of carbonyl (C=O) groups excluding carboxylic acids is 1. The number of carbonyl (C=O) groups is 1. The Kier molecular flexibility index (Phi) is 4.14. The normalized spacial score (nSPS) is 25.8. The number of nitrogens with zero attached hydrogens (tertiary/aromatic N) is 2. The Bertz CT molecular complexity index is 512. The molecule has 6 heteroatoms. The Balaban J connectivity index is 1.66. The van der Waals surface area contributed by atoms with E-state index >= 15 is 0 Å². The molecule has 4 N–H and O–H groups in total. The van der Waals surface area contributed by atoms with E-state index in [0.29, 0.717) is 17.4 Å². The standard InChI is InChI=1S/C15H25N5O/c1-2-5-11-13(16)14(19-18-11)15(21)17-10-7-9-20-8-4-3-6-12(10)20/h10,12H,2-9,16H2,1H3,(H,17,21)(H,18,19). The first-order chi connectivity index (χ1) is 10.2. The summed E-state index contributed by atoms with van der Waals surface area (Å²) in [6, 6.07) is 0.738. The van der Waals surface area contributed by atoms with Crippen LogP contribution in [0.25, 0.3) is 0 Å². The molecule has 1 amide bonds. The van der Waals surface area contributed by atoms with Gasteiger partial charge >= 0.3 is 0 Å². The fourth-order valence-corrected chi connectivity index (χ4v) is 3.65. The van der Waals surface area contributed by atoms with Gasteiger partial charge in [-0.3, -0.25) is 14.8 Å². The van der Waals surface area contributed by atoms with E-state index in [1.165, 1.54) is 25.8 Å². The molecule has 0 saturated carbocycles. The number of piperidine rings is 1. The lowest BCUT2D eigenvalue weighted by Gasteiger charge is -2.32. The van der Waals surface area contributed by atoms with Crippen LogP contribution in [0.3, 0.4) is 0 Å². The summed E-state index contributed by atoms with van der Waals surface area (Å²) in [7, 11) is 0. The summed E-state index contributed by atoms with van der Waals surface area (Å²) >= 11 is 0. The van der Waals surface area contributed by atoms with Crippen molar-refractivity contribution in [1.29, 1.82) is 0 Å². The second kappa shape index (κ2) is 6.05. The molecule has 2 fully saturated rings. The van der Waals surface area contributed by atoms with Crippen molar-refractivity contribution in [3.05, 3.63) is 11.4 Å². The van der Waals surface area contributed by atoms with E-state index in [1.807, 2.05) is 0 Å². The molecule has 1 aromatic rings. The van der Waals surface area contributed by atoms with Crippen LogP contribution in [0.15, 0.2) is 0 Å². The summed E-state index contributed by atoms with van der Waals surface area (Å²) in [5.41, 5.74) is 7.76. The molecule has 2 unspecified atom stereocenters. The summed E-state index contributed by atoms with van der Waals surface area (Å²) < 4.78 is 0. The Morgan fingerprint density at radius 3 is 3.10 bits per heavy atom. The maximum Gasteiger partial charge on any atom is 0.274 e. The van der Waals surface area contributed by atoms with Gasteiger partial charge in [-0.1, -0.05) is 19.8 Å². The molecule has 0 spiro atoms. The minimum Gasteiger partial charge on any atom is -0.395 e. The maximum atomic E-state index is 12.4. The minimum absolute atomic E-state index is 0.136. The number of anilines is 1. The summed E-state index contributed by atoms with van der Waals surface area (Å²) in [5, 5.41) is 10.1. The zero-order chi connectivity index (χ0) is 14.8. The Labute approximate surface area is 125 Å². The molecule has 21 heavy (non-hydrogen) atoms. The van der Waals surface area contributed by atoms with Crippen molar-refractivity contribution in [3.63, 3.8) is 0 Å². The van der Waals surface area contributed by atoms with Gasteiger partial charge in [0.05, 0.1) is 11.4 Å². The highest BCUT2D eigenvalue weighted by molar-refractivity contribution is 5.97. The predicted molar refractivity (Wildman–Crippen MR) is 82.1 cm³/mol. The Morgan fingerprint density at radius 2 is 2.29 bits per heavy atom. The first-order valence-corrected chi connectivity index (χ1v) is 8.08. The van der Waals surface area contributed by atoms with Crippen LogP contribution in [0.4, 0.5) is 5.69 Å². The predicted octanol–water partition coefficient (Wildman–Crippen LogP) is 1.30. The molecule has 3 rings (SSSR count). The van der Waals surface area contributed by atoms with Gasteiger partial charge in [-0.2, -0.15) is 5.10 Å². The molecule has 1 aromatic heterocycles. The molecule has 6 nitrogen and oxygen atoms in total. The van der Waals surface area contributed by atoms with Crippen molar-refractivity contribution in [2.75, 3.05) is 18.8 Å². The first-order valence-electron chi connectivity index (χ1n) is 8.08. The molecule has 2 saturated heterocycles. The van der Waals surface area contributed by atoms with Crippen LogP contribution in [0.1, 0.15) is 55.2 Å². The van der Waals surface area contributed by atoms with Gasteiger partial charge in [0.2, 0.25) is 0 Å². The number of rotatable bonds is 4. The number of amides is 1. The van der Waals surface area contributed by atoms with Crippen molar-refractivity contribution in [2.24, 2.45) is 0 Å². The van der Waals surface area contributed by atoms with E-state index < -0.39 is 0 Å². The third kappa shape index (κ3) is 2.77. The Morgan fingerprint density at radius 1 is 1.43 bits per heavy atom. The molecular formula is C15H25N5O. The number of H-pyrrole nitrogens is 1. The minimum atomic E-state index is -0.136. The smallest absolute Gasteiger partial charge is 0.274 e. The number of aromatic nitrogens is 2. The number of aromatic amines is 1. The van der Waals surface area contributed by atoms with E-state index in [2.05, 4.69) is 27.3 Å². The van der Waals surface area contributed by atoms with Crippen LogP contribution >= 0.6 is 0 Å². The van der Waals surface area contributed by atoms with Gasteiger partial charge in [-0.05, 0) is 32.2 Å². The first kappa shape index (κ1) is 14.4. The molecule has 0 aromatic carbocycles. The molecule has 2 aliphatic heterocycles. The van der Waals surface area contributed by atoms with Crippen LogP contribution in [0.2, 0.25) is 0 Å². The topological polar surface area (TPSA) is 87.0 Å². The van der Waals surface area contributed by atoms with Crippen molar-refractivity contribution in [1.82, 2.24) is 20.4 Å². The molecule has 2 atom stereocenters. The lowest BCUT2D eigenvalue weighted by molar-refractivity contribution is 0.0911. The highest BCUT2D eigenvalue weighted by Crippen LogP contribution is 2.27. The van der Waals surface area contributed by atoms with Gasteiger partial charge in [-0.15, -0.1) is 0 Å². The number of nitrogen functional groups attached to an aromatic ring is 1. The molecule has 0 aliphatic carbocycles. The van der Waals surface area contributed by atoms with Crippen molar-refractivity contribution >= 4 is 11.6 Å². The van der Waals surface area contributed by atoms with Gasteiger partial charge in [0.15, 0.2) is 5.69 Å². The largest absolute Gasteiger partial charge is 0.395 e. The SMILES string of the molecule is CCCc1[nH]nc(C(=O)NC2CCN3CCCCC23)c1N. The number of hydrogen-bond acceptors (Lipinski definition) is 4. The zero-order valence-corrected chi connectivity index (χ0v) is 12.7. The number of nitrogens with one attached hydrogen (secondary N) is 2. The summed E-state index contributed by atoms with van der Waals surface area (Å²) in [5.74, 6) is -0.136. The number of aryl methyl sites for hydroxylation is 1. The van der Waals surface area contributed by atoms with Crippen LogP contribution in [-0.2, 0) is 6.42 Å². The highest BCUT2D eigenvalue weighted by atomic mass is 16.2. The van der Waals surface area contributed by atoms with Crippen LogP contribution in [0, 0.1) is 0 Å². The van der Waals surface area contributed by atoms with E-state index in [9.17, 15) is 4.79 Å². The van der Waals surface area contributed by atoms with Gasteiger partial charge in [-0.25, -0.2) is 0 Å². The van der Waals surface area contributed by atoms with Gasteiger partial charge < -0.3 is 11.1 Å². The van der Waals surface area contributed by atoms with Crippen LogP contribution in [0.5, 0.6) is 0 Å².